The van der Waals surface area contributed by atoms with Gasteiger partial charge in [0.05, 0.1) is 11.9 Å². The number of Topliss-reactive ketones (excluding diaryl/α,β-unsaturated/α-hetero) is 1. The number of fused-ring (bicyclic) bond motifs is 5. The third kappa shape index (κ3) is 2.80. The smallest absolute Gasteiger partial charge is 0.178 e. The van der Waals surface area contributed by atoms with Gasteiger partial charge in [0.15, 0.2) is 17.2 Å². The minimum absolute atomic E-state index is 0.0219. The molecule has 0 aromatic carbocycles. The maximum absolute atomic E-state index is 17.1. The van der Waals surface area contributed by atoms with Crippen LogP contribution in [0.15, 0.2) is 36.5 Å². The van der Waals surface area contributed by atoms with Crippen LogP contribution >= 0.6 is 11.8 Å². The Kier molecular flexibility index (Phi) is 5.47. The van der Waals surface area contributed by atoms with E-state index in [-0.39, 0.29) is 35.6 Å². The number of carbonyl (C=O) groups is 2. The van der Waals surface area contributed by atoms with Crippen molar-refractivity contribution in [2.24, 2.45) is 28.6 Å². The van der Waals surface area contributed by atoms with Crippen LogP contribution in [0, 0.1) is 28.6 Å². The number of halogens is 1. The zero-order valence-electron chi connectivity index (χ0n) is 18.6. The summed E-state index contributed by atoms with van der Waals surface area (Å²) >= 11 is 1.41. The summed E-state index contributed by atoms with van der Waals surface area (Å²) in [6.45, 7) is 9.20. The fraction of sp³-hybridized carbons (Fsp3) is 0.680. The van der Waals surface area contributed by atoms with E-state index in [0.717, 1.165) is 5.57 Å². The van der Waals surface area contributed by atoms with Gasteiger partial charge in [0.1, 0.15) is 5.60 Å². The molecule has 4 rings (SSSR count). The van der Waals surface area contributed by atoms with Crippen molar-refractivity contribution in [2.75, 3.05) is 11.5 Å². The van der Waals surface area contributed by atoms with Crippen molar-refractivity contribution in [2.45, 2.75) is 63.8 Å². The van der Waals surface area contributed by atoms with Gasteiger partial charge in [-0.1, -0.05) is 31.6 Å². The molecule has 0 radical (unpaired) electrons. The van der Waals surface area contributed by atoms with Gasteiger partial charge in [-0.2, -0.15) is 0 Å². The molecule has 0 aromatic heterocycles. The Morgan fingerprint density at radius 3 is 2.77 bits per heavy atom. The first-order chi connectivity index (χ1) is 14.5. The van der Waals surface area contributed by atoms with Gasteiger partial charge >= 0.3 is 0 Å². The molecule has 0 bridgehead atoms. The number of carbonyl (C=O) groups excluding carboxylic acids is 2. The molecule has 3 saturated carbocycles. The van der Waals surface area contributed by atoms with Gasteiger partial charge in [-0.25, -0.2) is 4.39 Å². The van der Waals surface area contributed by atoms with Crippen molar-refractivity contribution in [1.82, 2.24) is 0 Å². The first kappa shape index (κ1) is 22.9. The van der Waals surface area contributed by atoms with Crippen LogP contribution in [0.5, 0.6) is 0 Å². The quantitative estimate of drug-likeness (QED) is 0.494. The van der Waals surface area contributed by atoms with Crippen molar-refractivity contribution in [3.05, 3.63) is 36.5 Å². The fourth-order valence-electron chi connectivity index (χ4n) is 7.49. The summed E-state index contributed by atoms with van der Waals surface area (Å²) in [4.78, 5) is 25.2. The normalized spacial score (nSPS) is 48.5. The van der Waals surface area contributed by atoms with Gasteiger partial charge in [-0.05, 0) is 56.6 Å². The first-order valence-electron chi connectivity index (χ1n) is 11.2. The van der Waals surface area contributed by atoms with Gasteiger partial charge in [0.2, 0.25) is 0 Å². The van der Waals surface area contributed by atoms with E-state index in [4.69, 9.17) is 0 Å². The van der Waals surface area contributed by atoms with Crippen LogP contribution in [0.25, 0.3) is 0 Å². The molecule has 0 amide bonds. The van der Waals surface area contributed by atoms with E-state index in [0.29, 0.717) is 25.0 Å². The average molecular weight is 449 g/mol. The highest BCUT2D eigenvalue weighted by atomic mass is 32.2. The van der Waals surface area contributed by atoms with Gasteiger partial charge in [-0.15, -0.1) is 18.3 Å². The SMILES string of the molecule is C=CCSCC(=O)[C@@]1(O)C(C)C[C@H]2[C@@H]3CCC4=CC(=O)C=C[C@]4(C)[C@@]3(F)C(O)C[C@@]21C. The molecular formula is C25H33FO4S. The van der Waals surface area contributed by atoms with Gasteiger partial charge < -0.3 is 10.2 Å². The Morgan fingerprint density at radius 2 is 2.10 bits per heavy atom. The van der Waals surface area contributed by atoms with E-state index >= 15 is 4.39 Å². The zero-order valence-corrected chi connectivity index (χ0v) is 19.4. The molecule has 6 heteroatoms. The monoisotopic (exact) mass is 448 g/mol. The summed E-state index contributed by atoms with van der Waals surface area (Å²) in [6.07, 6.45) is 6.59. The van der Waals surface area contributed by atoms with Crippen molar-refractivity contribution in [1.29, 1.82) is 0 Å². The van der Waals surface area contributed by atoms with E-state index in [9.17, 15) is 19.8 Å². The molecule has 4 aliphatic rings. The molecule has 170 valence electrons. The highest BCUT2D eigenvalue weighted by Gasteiger charge is 2.75. The minimum atomic E-state index is -1.94. The van der Waals surface area contributed by atoms with Crippen molar-refractivity contribution in [3.63, 3.8) is 0 Å². The molecule has 8 atom stereocenters. The summed E-state index contributed by atoms with van der Waals surface area (Å²) in [7, 11) is 0. The Balaban J connectivity index is 1.74. The molecule has 0 saturated heterocycles. The van der Waals surface area contributed by atoms with Crippen LogP contribution in [-0.4, -0.2) is 50.7 Å². The number of hydrogen-bond donors (Lipinski definition) is 2. The number of ketones is 2. The fourth-order valence-corrected chi connectivity index (χ4v) is 8.18. The average Bonchev–Trinajstić information content (AvgIpc) is 2.91. The molecular weight excluding hydrogens is 415 g/mol. The Bertz CT molecular complexity index is 883. The van der Waals surface area contributed by atoms with Crippen LogP contribution in [0.1, 0.15) is 46.5 Å². The molecule has 0 aromatic rings. The highest BCUT2D eigenvalue weighted by Crippen LogP contribution is 2.70. The lowest BCUT2D eigenvalue weighted by Gasteiger charge is -2.62. The molecule has 4 aliphatic carbocycles. The van der Waals surface area contributed by atoms with E-state index < -0.39 is 34.1 Å². The van der Waals surface area contributed by atoms with Crippen LogP contribution < -0.4 is 0 Å². The third-order valence-electron chi connectivity index (χ3n) is 9.12. The van der Waals surface area contributed by atoms with Crippen LogP contribution in [0.2, 0.25) is 0 Å². The predicted molar refractivity (Wildman–Crippen MR) is 120 cm³/mol. The zero-order chi connectivity index (χ0) is 22.8. The number of hydrogen-bond acceptors (Lipinski definition) is 5. The first-order valence-corrected chi connectivity index (χ1v) is 12.4. The third-order valence-corrected chi connectivity index (χ3v) is 10.1. The predicted octanol–water partition coefficient (Wildman–Crippen LogP) is 3.82. The maximum Gasteiger partial charge on any atom is 0.178 e. The molecule has 4 nitrogen and oxygen atoms in total. The lowest BCUT2D eigenvalue weighted by atomic mass is 9.44. The van der Waals surface area contributed by atoms with E-state index in [2.05, 4.69) is 6.58 Å². The molecule has 31 heavy (non-hydrogen) atoms. The van der Waals surface area contributed by atoms with Gasteiger partial charge in [-0.3, -0.25) is 9.59 Å². The summed E-state index contributed by atoms with van der Waals surface area (Å²) in [5.41, 5.74) is -4.75. The number of thioether (sulfide) groups is 1. The second-order valence-corrected chi connectivity index (χ2v) is 11.4. The van der Waals surface area contributed by atoms with Gasteiger partial charge in [0, 0.05) is 22.5 Å². The Morgan fingerprint density at radius 1 is 1.39 bits per heavy atom. The second kappa shape index (κ2) is 7.39. The number of rotatable bonds is 5. The topological polar surface area (TPSA) is 74.6 Å². The second-order valence-electron chi connectivity index (χ2n) is 10.4. The summed E-state index contributed by atoms with van der Waals surface area (Å²) < 4.78 is 17.1. The molecule has 2 unspecified atom stereocenters. The van der Waals surface area contributed by atoms with Gasteiger partial charge in [0.25, 0.3) is 0 Å². The molecule has 0 aliphatic heterocycles. The van der Waals surface area contributed by atoms with Crippen LogP contribution in [0.3, 0.4) is 0 Å². The molecule has 0 heterocycles. The van der Waals surface area contributed by atoms with Crippen molar-refractivity contribution < 1.29 is 24.2 Å². The van der Waals surface area contributed by atoms with Crippen LogP contribution in [-0.2, 0) is 9.59 Å². The molecule has 3 fully saturated rings. The number of alkyl halides is 1. The molecule has 2 N–H and O–H groups in total. The van der Waals surface area contributed by atoms with Crippen molar-refractivity contribution in [3.8, 4) is 0 Å². The standard InChI is InChI=1S/C25H33FO4S/c1-5-10-31-14-21(29)25(30)15(2)11-19-18-7-6-16-12-17(27)8-9-22(16,3)24(18,26)20(28)13-23(19,25)4/h5,8-9,12,15,18-20,28,30H,1,6-7,10-11,13-14H2,2-4H3/t15?,18-,19-,20?,22-,23-,24-,25-/m0/s1. The number of aliphatic hydroxyl groups excluding tert-OH is 1. The minimum Gasteiger partial charge on any atom is -0.390 e. The Labute approximate surface area is 188 Å². The highest BCUT2D eigenvalue weighted by molar-refractivity contribution is 8.00. The number of aliphatic hydroxyl groups is 2. The summed E-state index contributed by atoms with van der Waals surface area (Å²) in [6, 6.07) is 0. The van der Waals surface area contributed by atoms with E-state index in [1.54, 1.807) is 19.1 Å². The number of allylic oxidation sites excluding steroid dienone is 4. The van der Waals surface area contributed by atoms with E-state index in [1.807, 2.05) is 13.8 Å². The summed E-state index contributed by atoms with van der Waals surface area (Å²) in [5.74, 6) is -0.621. The lowest BCUT2D eigenvalue weighted by Crippen LogP contribution is -2.69. The van der Waals surface area contributed by atoms with Crippen LogP contribution in [0.4, 0.5) is 4.39 Å². The molecule has 0 spiro atoms. The Hall–Kier alpha value is -1.24. The largest absolute Gasteiger partial charge is 0.390 e. The van der Waals surface area contributed by atoms with Crippen molar-refractivity contribution >= 4 is 23.3 Å². The lowest BCUT2D eigenvalue weighted by molar-refractivity contribution is -0.218. The summed E-state index contributed by atoms with van der Waals surface area (Å²) in [5, 5.41) is 23.1. The van der Waals surface area contributed by atoms with E-state index in [1.165, 1.54) is 23.9 Å². The maximum atomic E-state index is 17.1.